The van der Waals surface area contributed by atoms with Crippen molar-refractivity contribution in [3.63, 3.8) is 0 Å². The highest BCUT2D eigenvalue weighted by Gasteiger charge is 2.21. The van der Waals surface area contributed by atoms with Crippen LogP contribution in [0.15, 0.2) is 22.7 Å². The van der Waals surface area contributed by atoms with Gasteiger partial charge >= 0.3 is 0 Å². The molecule has 0 aromatic heterocycles. The van der Waals surface area contributed by atoms with E-state index in [4.69, 9.17) is 4.74 Å². The first-order chi connectivity index (χ1) is 10.1. The molecule has 1 amide bonds. The van der Waals surface area contributed by atoms with E-state index in [0.717, 1.165) is 61.4 Å². The molecule has 21 heavy (non-hydrogen) atoms. The maximum atomic E-state index is 12.7. The van der Waals surface area contributed by atoms with Crippen LogP contribution in [0.2, 0.25) is 0 Å². The van der Waals surface area contributed by atoms with Gasteiger partial charge in [0.1, 0.15) is 0 Å². The molecule has 1 aliphatic rings. The van der Waals surface area contributed by atoms with Gasteiger partial charge in [-0.25, -0.2) is 0 Å². The molecule has 1 aromatic rings. The van der Waals surface area contributed by atoms with Crippen molar-refractivity contribution in [3.8, 4) is 0 Å². The van der Waals surface area contributed by atoms with E-state index in [0.29, 0.717) is 0 Å². The van der Waals surface area contributed by atoms with Crippen molar-refractivity contribution in [1.29, 1.82) is 0 Å². The monoisotopic (exact) mass is 354 g/mol. The van der Waals surface area contributed by atoms with Gasteiger partial charge in [0.2, 0.25) is 0 Å². The second-order valence-corrected chi connectivity index (χ2v) is 6.36. The quantitative estimate of drug-likeness (QED) is 0.832. The number of hydrogen-bond acceptors (Lipinski definition) is 3. The predicted molar refractivity (Wildman–Crippen MR) is 87.7 cm³/mol. The Morgan fingerprint density at radius 1 is 1.29 bits per heavy atom. The molecule has 0 spiro atoms. The van der Waals surface area contributed by atoms with E-state index in [9.17, 15) is 4.79 Å². The van der Waals surface area contributed by atoms with Crippen LogP contribution in [0, 0.1) is 6.92 Å². The average Bonchev–Trinajstić information content (AvgIpc) is 2.72. The molecule has 0 aliphatic carbocycles. The Balaban J connectivity index is 2.01. The summed E-state index contributed by atoms with van der Waals surface area (Å²) >= 11 is 3.45. The van der Waals surface area contributed by atoms with E-state index in [1.54, 1.807) is 7.11 Å². The van der Waals surface area contributed by atoms with Crippen LogP contribution in [0.4, 0.5) is 0 Å². The number of nitrogens with zero attached hydrogens (tertiary/aromatic N) is 2. The third kappa shape index (κ3) is 4.53. The van der Waals surface area contributed by atoms with Crippen molar-refractivity contribution < 1.29 is 9.53 Å². The molecule has 4 nitrogen and oxygen atoms in total. The SMILES string of the molecule is COCCN1CCCN(C(=O)c2cc(Br)ccc2C)CC1. The Hall–Kier alpha value is -0.910. The molecule has 1 saturated heterocycles. The molecular formula is C16H23BrN2O2. The Labute approximate surface area is 135 Å². The summed E-state index contributed by atoms with van der Waals surface area (Å²) in [5.41, 5.74) is 1.83. The molecule has 0 unspecified atom stereocenters. The standard InChI is InChI=1S/C16H23BrN2O2/c1-13-4-5-14(17)12-15(13)16(20)19-7-3-6-18(8-9-19)10-11-21-2/h4-5,12H,3,6-11H2,1-2H3. The highest BCUT2D eigenvalue weighted by Crippen LogP contribution is 2.18. The number of carbonyl (C=O) groups is 1. The minimum absolute atomic E-state index is 0.141. The predicted octanol–water partition coefficient (Wildman–Crippen LogP) is 2.55. The number of halogens is 1. The fourth-order valence-corrected chi connectivity index (χ4v) is 2.97. The van der Waals surface area contributed by atoms with Gasteiger partial charge in [-0.15, -0.1) is 0 Å². The number of hydrogen-bond donors (Lipinski definition) is 0. The molecule has 1 aliphatic heterocycles. The lowest BCUT2D eigenvalue weighted by Gasteiger charge is -2.22. The topological polar surface area (TPSA) is 32.8 Å². The van der Waals surface area contributed by atoms with E-state index in [2.05, 4.69) is 20.8 Å². The zero-order valence-electron chi connectivity index (χ0n) is 12.8. The second kappa shape index (κ2) is 7.92. The van der Waals surface area contributed by atoms with Crippen LogP contribution >= 0.6 is 15.9 Å². The molecule has 116 valence electrons. The molecule has 5 heteroatoms. The van der Waals surface area contributed by atoms with Gasteiger partial charge in [0.25, 0.3) is 5.91 Å². The second-order valence-electron chi connectivity index (χ2n) is 5.44. The number of carbonyl (C=O) groups excluding carboxylic acids is 1. The lowest BCUT2D eigenvalue weighted by atomic mass is 10.1. The summed E-state index contributed by atoms with van der Waals surface area (Å²) in [6.07, 6.45) is 1.02. The van der Waals surface area contributed by atoms with Gasteiger partial charge in [-0.1, -0.05) is 22.0 Å². The summed E-state index contributed by atoms with van der Waals surface area (Å²) in [5.74, 6) is 0.141. The average molecular weight is 355 g/mol. The highest BCUT2D eigenvalue weighted by atomic mass is 79.9. The number of aryl methyl sites for hydroxylation is 1. The summed E-state index contributed by atoms with van der Waals surface area (Å²) in [5, 5.41) is 0. The summed E-state index contributed by atoms with van der Waals surface area (Å²) in [6, 6.07) is 5.88. The molecule has 1 fully saturated rings. The highest BCUT2D eigenvalue weighted by molar-refractivity contribution is 9.10. The Kier molecular flexibility index (Phi) is 6.21. The van der Waals surface area contributed by atoms with Crippen molar-refractivity contribution in [3.05, 3.63) is 33.8 Å². The van der Waals surface area contributed by atoms with Gasteiger partial charge in [0.05, 0.1) is 6.61 Å². The fourth-order valence-electron chi connectivity index (χ4n) is 2.61. The van der Waals surface area contributed by atoms with E-state index >= 15 is 0 Å². The number of methoxy groups -OCH3 is 1. The molecular weight excluding hydrogens is 332 g/mol. The first-order valence-electron chi connectivity index (χ1n) is 7.38. The van der Waals surface area contributed by atoms with Gasteiger partial charge in [-0.2, -0.15) is 0 Å². The van der Waals surface area contributed by atoms with E-state index in [1.165, 1.54) is 0 Å². The van der Waals surface area contributed by atoms with Gasteiger partial charge in [0.15, 0.2) is 0 Å². The largest absolute Gasteiger partial charge is 0.383 e. The molecule has 0 N–H and O–H groups in total. The number of rotatable bonds is 4. The van der Waals surface area contributed by atoms with Crippen molar-refractivity contribution >= 4 is 21.8 Å². The van der Waals surface area contributed by atoms with Crippen LogP contribution in [0.3, 0.4) is 0 Å². The van der Waals surface area contributed by atoms with Crippen molar-refractivity contribution in [2.24, 2.45) is 0 Å². The zero-order chi connectivity index (χ0) is 15.2. The summed E-state index contributed by atoms with van der Waals surface area (Å²) in [4.78, 5) is 17.0. The van der Waals surface area contributed by atoms with E-state index in [1.807, 2.05) is 30.0 Å². The number of ether oxygens (including phenoxy) is 1. The first kappa shape index (κ1) is 16.5. The number of benzene rings is 1. The fraction of sp³-hybridized carbons (Fsp3) is 0.562. The minimum atomic E-state index is 0.141. The van der Waals surface area contributed by atoms with Crippen molar-refractivity contribution in [2.75, 3.05) is 46.4 Å². The van der Waals surface area contributed by atoms with Crippen LogP contribution in [0.1, 0.15) is 22.3 Å². The van der Waals surface area contributed by atoms with Crippen LogP contribution in [0.25, 0.3) is 0 Å². The van der Waals surface area contributed by atoms with Crippen LogP contribution in [-0.4, -0.2) is 62.1 Å². The molecule has 2 rings (SSSR count). The summed E-state index contributed by atoms with van der Waals surface area (Å²) in [7, 11) is 1.73. The van der Waals surface area contributed by atoms with E-state index in [-0.39, 0.29) is 5.91 Å². The molecule has 0 radical (unpaired) electrons. The van der Waals surface area contributed by atoms with Crippen LogP contribution < -0.4 is 0 Å². The zero-order valence-corrected chi connectivity index (χ0v) is 14.4. The third-order valence-corrected chi connectivity index (χ3v) is 4.41. The molecule has 0 saturated carbocycles. The Morgan fingerprint density at radius 2 is 2.10 bits per heavy atom. The molecule has 1 aromatic carbocycles. The van der Waals surface area contributed by atoms with Crippen LogP contribution in [0.5, 0.6) is 0 Å². The van der Waals surface area contributed by atoms with Gasteiger partial charge in [0, 0.05) is 43.3 Å². The third-order valence-electron chi connectivity index (χ3n) is 3.92. The molecule has 0 bridgehead atoms. The van der Waals surface area contributed by atoms with Crippen molar-refractivity contribution in [2.45, 2.75) is 13.3 Å². The number of amides is 1. The summed E-state index contributed by atoms with van der Waals surface area (Å²) < 4.78 is 6.08. The lowest BCUT2D eigenvalue weighted by molar-refractivity contribution is 0.0758. The smallest absolute Gasteiger partial charge is 0.254 e. The minimum Gasteiger partial charge on any atom is -0.383 e. The van der Waals surface area contributed by atoms with Crippen LogP contribution in [-0.2, 0) is 4.74 Å². The van der Waals surface area contributed by atoms with Crippen molar-refractivity contribution in [1.82, 2.24) is 9.80 Å². The maximum absolute atomic E-state index is 12.7. The lowest BCUT2D eigenvalue weighted by Crippen LogP contribution is -2.36. The first-order valence-corrected chi connectivity index (χ1v) is 8.18. The van der Waals surface area contributed by atoms with Gasteiger partial charge in [-0.05, 0) is 37.6 Å². The molecule has 0 atom stereocenters. The Bertz CT molecular complexity index is 493. The van der Waals surface area contributed by atoms with Gasteiger partial charge < -0.3 is 9.64 Å². The Morgan fingerprint density at radius 3 is 2.86 bits per heavy atom. The normalized spacial score (nSPS) is 16.8. The summed E-state index contributed by atoms with van der Waals surface area (Å²) in [6.45, 7) is 7.24. The maximum Gasteiger partial charge on any atom is 0.254 e. The van der Waals surface area contributed by atoms with E-state index < -0.39 is 0 Å². The van der Waals surface area contributed by atoms with Gasteiger partial charge in [-0.3, -0.25) is 9.69 Å². The molecule has 1 heterocycles.